The van der Waals surface area contributed by atoms with Crippen molar-refractivity contribution >= 4 is 17.7 Å². The highest BCUT2D eigenvalue weighted by atomic mass is 32.2. The van der Waals surface area contributed by atoms with Gasteiger partial charge < -0.3 is 4.90 Å². The Morgan fingerprint density at radius 3 is 2.28 bits per heavy atom. The molecule has 0 saturated carbocycles. The van der Waals surface area contributed by atoms with Gasteiger partial charge in [0, 0.05) is 18.8 Å². The molecule has 7 heteroatoms. The fraction of sp³-hybridized carbons (Fsp3) is 0.160. The zero-order valence-electron chi connectivity index (χ0n) is 17.7. The van der Waals surface area contributed by atoms with Crippen molar-refractivity contribution in [3.63, 3.8) is 0 Å². The van der Waals surface area contributed by atoms with Gasteiger partial charge in [0.1, 0.15) is 5.82 Å². The predicted octanol–water partition coefficient (Wildman–Crippen LogP) is 5.21. The van der Waals surface area contributed by atoms with E-state index in [1.54, 1.807) is 22.8 Å². The lowest BCUT2D eigenvalue weighted by Crippen LogP contribution is -2.31. The number of carbonyl (C=O) groups excluding carboxylic acids is 1. The van der Waals surface area contributed by atoms with E-state index < -0.39 is 0 Å². The Hall–Kier alpha value is -3.45. The second kappa shape index (κ2) is 10.2. The summed E-state index contributed by atoms with van der Waals surface area (Å²) < 4.78 is 16.3. The number of para-hydroxylation sites is 1. The van der Waals surface area contributed by atoms with Crippen molar-refractivity contribution < 1.29 is 9.18 Å². The number of nitrogens with zero attached hydrogens (tertiary/aromatic N) is 4. The van der Waals surface area contributed by atoms with Crippen molar-refractivity contribution in [2.75, 3.05) is 12.3 Å². The average Bonchev–Trinajstić information content (AvgIpc) is 3.26. The summed E-state index contributed by atoms with van der Waals surface area (Å²) in [6.07, 6.45) is 0. The highest BCUT2D eigenvalue weighted by Crippen LogP contribution is 2.29. The molecule has 4 aromatic rings. The van der Waals surface area contributed by atoms with Crippen molar-refractivity contribution in [3.05, 3.63) is 96.3 Å². The molecule has 3 aromatic carbocycles. The second-order valence-corrected chi connectivity index (χ2v) is 8.08. The van der Waals surface area contributed by atoms with Gasteiger partial charge >= 0.3 is 0 Å². The maximum absolute atomic E-state index is 14.5. The van der Waals surface area contributed by atoms with Gasteiger partial charge in [-0.25, -0.2) is 4.39 Å². The lowest BCUT2D eigenvalue weighted by molar-refractivity contribution is -0.128. The van der Waals surface area contributed by atoms with Gasteiger partial charge in [-0.15, -0.1) is 10.2 Å². The smallest absolute Gasteiger partial charge is 0.233 e. The maximum Gasteiger partial charge on any atom is 0.233 e. The third-order valence-electron chi connectivity index (χ3n) is 5.04. The molecule has 0 fully saturated rings. The molecule has 0 unspecified atom stereocenters. The Morgan fingerprint density at radius 1 is 0.938 bits per heavy atom. The first kappa shape index (κ1) is 21.8. The normalized spacial score (nSPS) is 10.8. The molecular weight excluding hydrogens is 423 g/mol. The number of hydrogen-bond donors (Lipinski definition) is 0. The van der Waals surface area contributed by atoms with E-state index in [1.165, 1.54) is 17.8 Å². The second-order valence-electron chi connectivity index (χ2n) is 7.14. The van der Waals surface area contributed by atoms with Crippen LogP contribution in [-0.4, -0.2) is 37.9 Å². The minimum Gasteiger partial charge on any atom is -0.338 e. The molecule has 0 aliphatic rings. The van der Waals surface area contributed by atoms with Crippen molar-refractivity contribution in [3.8, 4) is 17.1 Å². The molecule has 32 heavy (non-hydrogen) atoms. The minimum absolute atomic E-state index is 0.0106. The summed E-state index contributed by atoms with van der Waals surface area (Å²) in [4.78, 5) is 14.7. The molecule has 0 bridgehead atoms. The zero-order valence-corrected chi connectivity index (χ0v) is 18.5. The molecule has 4 rings (SSSR count). The summed E-state index contributed by atoms with van der Waals surface area (Å²) in [7, 11) is 0. The van der Waals surface area contributed by atoms with Crippen LogP contribution in [0, 0.1) is 5.82 Å². The van der Waals surface area contributed by atoms with Crippen LogP contribution in [0.25, 0.3) is 17.1 Å². The fourth-order valence-corrected chi connectivity index (χ4v) is 4.24. The quantitative estimate of drug-likeness (QED) is 0.349. The van der Waals surface area contributed by atoms with Gasteiger partial charge in [-0.3, -0.25) is 9.36 Å². The zero-order chi connectivity index (χ0) is 22.3. The number of benzene rings is 3. The van der Waals surface area contributed by atoms with Gasteiger partial charge in [0.25, 0.3) is 0 Å². The number of amides is 1. The molecule has 0 atom stereocenters. The molecule has 0 aliphatic carbocycles. The lowest BCUT2D eigenvalue weighted by atomic mass is 10.2. The van der Waals surface area contributed by atoms with Gasteiger partial charge in [-0.2, -0.15) is 0 Å². The Kier molecular flexibility index (Phi) is 6.97. The van der Waals surface area contributed by atoms with Crippen LogP contribution in [0.1, 0.15) is 12.5 Å². The molecule has 0 saturated heterocycles. The Balaban J connectivity index is 1.58. The molecule has 0 N–H and O–H groups in total. The van der Waals surface area contributed by atoms with Gasteiger partial charge in [0.15, 0.2) is 11.0 Å². The minimum atomic E-state index is -0.371. The molecular formula is C25H23FN4OS. The van der Waals surface area contributed by atoms with E-state index in [0.717, 1.165) is 11.3 Å². The number of aromatic nitrogens is 3. The number of halogens is 1. The largest absolute Gasteiger partial charge is 0.338 e. The van der Waals surface area contributed by atoms with Crippen LogP contribution in [0.3, 0.4) is 0 Å². The van der Waals surface area contributed by atoms with Crippen LogP contribution in [0.2, 0.25) is 0 Å². The molecule has 0 spiro atoms. The van der Waals surface area contributed by atoms with Gasteiger partial charge in [0.05, 0.1) is 11.3 Å². The number of rotatable bonds is 8. The maximum atomic E-state index is 14.5. The molecule has 1 amide bonds. The predicted molar refractivity (Wildman–Crippen MR) is 125 cm³/mol. The SMILES string of the molecule is CCN(Cc1ccccc1)C(=O)CSc1nnc(-c2ccccc2F)n1-c1ccccc1. The summed E-state index contributed by atoms with van der Waals surface area (Å²) in [6.45, 7) is 3.14. The standard InChI is InChI=1S/C25H23FN4OS/c1-2-29(17-19-11-5-3-6-12-19)23(31)18-32-25-28-27-24(21-15-9-10-16-22(21)26)30(25)20-13-7-4-8-14-20/h3-16H,2,17-18H2,1H3. The first-order valence-electron chi connectivity index (χ1n) is 10.4. The number of carbonyl (C=O) groups is 1. The Bertz CT molecular complexity index is 1180. The van der Waals surface area contributed by atoms with E-state index in [-0.39, 0.29) is 17.5 Å². The number of hydrogen-bond acceptors (Lipinski definition) is 4. The highest BCUT2D eigenvalue weighted by Gasteiger charge is 2.20. The van der Waals surface area contributed by atoms with Crippen molar-refractivity contribution in [1.82, 2.24) is 19.7 Å². The average molecular weight is 447 g/mol. The van der Waals surface area contributed by atoms with Crippen molar-refractivity contribution in [2.45, 2.75) is 18.6 Å². The molecule has 1 heterocycles. The fourth-order valence-electron chi connectivity index (χ4n) is 3.39. The summed E-state index contributed by atoms with van der Waals surface area (Å²) in [5.41, 5.74) is 2.26. The van der Waals surface area contributed by atoms with E-state index in [9.17, 15) is 9.18 Å². The summed E-state index contributed by atoms with van der Waals surface area (Å²) >= 11 is 1.30. The van der Waals surface area contributed by atoms with Crippen LogP contribution in [0.15, 0.2) is 90.1 Å². The van der Waals surface area contributed by atoms with E-state index in [0.29, 0.717) is 29.6 Å². The third-order valence-corrected chi connectivity index (χ3v) is 5.95. The van der Waals surface area contributed by atoms with Crippen LogP contribution in [-0.2, 0) is 11.3 Å². The van der Waals surface area contributed by atoms with Crippen LogP contribution in [0.4, 0.5) is 4.39 Å². The van der Waals surface area contributed by atoms with Crippen LogP contribution < -0.4 is 0 Å². The Morgan fingerprint density at radius 2 is 1.59 bits per heavy atom. The van der Waals surface area contributed by atoms with E-state index in [1.807, 2.05) is 72.5 Å². The molecule has 5 nitrogen and oxygen atoms in total. The summed E-state index contributed by atoms with van der Waals surface area (Å²) in [5.74, 6) is 0.255. The molecule has 0 aliphatic heterocycles. The van der Waals surface area contributed by atoms with Crippen molar-refractivity contribution in [2.24, 2.45) is 0 Å². The summed E-state index contributed by atoms with van der Waals surface area (Å²) in [5, 5.41) is 9.09. The lowest BCUT2D eigenvalue weighted by Gasteiger charge is -2.21. The molecule has 1 aromatic heterocycles. The third kappa shape index (κ3) is 4.89. The number of thioether (sulfide) groups is 1. The highest BCUT2D eigenvalue weighted by molar-refractivity contribution is 7.99. The van der Waals surface area contributed by atoms with Gasteiger partial charge in [0.2, 0.25) is 5.91 Å². The molecule has 162 valence electrons. The first-order chi connectivity index (χ1) is 15.7. The topological polar surface area (TPSA) is 51.0 Å². The monoisotopic (exact) mass is 446 g/mol. The van der Waals surface area contributed by atoms with Crippen LogP contribution >= 0.6 is 11.8 Å². The van der Waals surface area contributed by atoms with Gasteiger partial charge in [-0.05, 0) is 36.8 Å². The van der Waals surface area contributed by atoms with E-state index in [2.05, 4.69) is 10.2 Å². The molecule has 0 radical (unpaired) electrons. The Labute approximate surface area is 190 Å². The summed E-state index contributed by atoms with van der Waals surface area (Å²) in [6, 6.07) is 25.9. The van der Waals surface area contributed by atoms with E-state index >= 15 is 0 Å². The first-order valence-corrected chi connectivity index (χ1v) is 11.4. The van der Waals surface area contributed by atoms with Crippen molar-refractivity contribution in [1.29, 1.82) is 0 Å². The van der Waals surface area contributed by atoms with Gasteiger partial charge in [-0.1, -0.05) is 72.4 Å². The van der Waals surface area contributed by atoms with Crippen LogP contribution in [0.5, 0.6) is 0 Å². The van der Waals surface area contributed by atoms with E-state index in [4.69, 9.17) is 0 Å².